The highest BCUT2D eigenvalue weighted by Crippen LogP contribution is 2.21. The Balaban J connectivity index is 1.83. The van der Waals surface area contributed by atoms with Gasteiger partial charge in [-0.1, -0.05) is 34.1 Å². The fraction of sp³-hybridized carbons (Fsp3) is 0.222. The first kappa shape index (κ1) is 15.7. The van der Waals surface area contributed by atoms with Crippen molar-refractivity contribution in [2.75, 3.05) is 18.4 Å². The number of rotatable bonds is 3. The SMILES string of the molecule is O=C(Nc1ccccc1C(=O)N1CCCC1)c1cccc(Br)c1. The zero-order valence-electron chi connectivity index (χ0n) is 12.6. The van der Waals surface area contributed by atoms with Crippen LogP contribution in [0.25, 0.3) is 0 Å². The van der Waals surface area contributed by atoms with E-state index >= 15 is 0 Å². The van der Waals surface area contributed by atoms with Crippen LogP contribution < -0.4 is 5.32 Å². The lowest BCUT2D eigenvalue weighted by molar-refractivity contribution is 0.0794. The fourth-order valence-corrected chi connectivity index (χ4v) is 3.09. The molecule has 0 radical (unpaired) electrons. The van der Waals surface area contributed by atoms with Crippen LogP contribution in [-0.4, -0.2) is 29.8 Å². The summed E-state index contributed by atoms with van der Waals surface area (Å²) in [4.78, 5) is 26.8. The maximum absolute atomic E-state index is 12.6. The topological polar surface area (TPSA) is 49.4 Å². The number of nitrogens with one attached hydrogen (secondary N) is 1. The predicted octanol–water partition coefficient (Wildman–Crippen LogP) is 3.94. The molecule has 4 nitrogen and oxygen atoms in total. The Morgan fingerprint density at radius 2 is 1.74 bits per heavy atom. The number of amides is 2. The van der Waals surface area contributed by atoms with Gasteiger partial charge in [-0.05, 0) is 43.2 Å². The number of halogens is 1. The van der Waals surface area contributed by atoms with Crippen molar-refractivity contribution in [2.24, 2.45) is 0 Å². The van der Waals surface area contributed by atoms with E-state index in [0.29, 0.717) is 16.8 Å². The minimum Gasteiger partial charge on any atom is -0.339 e. The Labute approximate surface area is 143 Å². The molecule has 1 aliphatic rings. The summed E-state index contributed by atoms with van der Waals surface area (Å²) in [7, 11) is 0. The van der Waals surface area contributed by atoms with Crippen LogP contribution in [0.3, 0.4) is 0 Å². The zero-order chi connectivity index (χ0) is 16.2. The first-order valence-electron chi connectivity index (χ1n) is 7.60. The number of likely N-dealkylation sites (tertiary alicyclic amines) is 1. The smallest absolute Gasteiger partial charge is 0.255 e. The second-order valence-corrected chi connectivity index (χ2v) is 6.43. The maximum atomic E-state index is 12.6. The first-order chi connectivity index (χ1) is 11.1. The Morgan fingerprint density at radius 1 is 1.00 bits per heavy atom. The molecular formula is C18H17BrN2O2. The van der Waals surface area contributed by atoms with E-state index in [9.17, 15) is 9.59 Å². The van der Waals surface area contributed by atoms with E-state index in [-0.39, 0.29) is 11.8 Å². The van der Waals surface area contributed by atoms with Gasteiger partial charge in [0.05, 0.1) is 11.3 Å². The normalized spacial score (nSPS) is 13.9. The Bertz CT molecular complexity index is 739. The highest BCUT2D eigenvalue weighted by Gasteiger charge is 2.22. The lowest BCUT2D eigenvalue weighted by atomic mass is 10.1. The van der Waals surface area contributed by atoms with Crippen LogP contribution >= 0.6 is 15.9 Å². The molecule has 1 N–H and O–H groups in total. The van der Waals surface area contributed by atoms with Crippen molar-refractivity contribution in [1.29, 1.82) is 0 Å². The third-order valence-electron chi connectivity index (χ3n) is 3.89. The molecule has 5 heteroatoms. The fourth-order valence-electron chi connectivity index (χ4n) is 2.69. The minimum atomic E-state index is -0.229. The van der Waals surface area contributed by atoms with Gasteiger partial charge in [0.15, 0.2) is 0 Å². The third kappa shape index (κ3) is 3.62. The standard InChI is InChI=1S/C18H17BrN2O2/c19-14-7-5-6-13(12-14)17(22)20-16-9-2-1-8-15(16)18(23)21-10-3-4-11-21/h1-2,5-9,12H,3-4,10-11H2,(H,20,22). The predicted molar refractivity (Wildman–Crippen MR) is 93.7 cm³/mol. The van der Waals surface area contributed by atoms with Crippen molar-refractivity contribution in [3.8, 4) is 0 Å². The van der Waals surface area contributed by atoms with Gasteiger partial charge in [-0.15, -0.1) is 0 Å². The maximum Gasteiger partial charge on any atom is 0.255 e. The van der Waals surface area contributed by atoms with Gasteiger partial charge in [-0.2, -0.15) is 0 Å². The van der Waals surface area contributed by atoms with Crippen molar-refractivity contribution in [1.82, 2.24) is 4.90 Å². The van der Waals surface area contributed by atoms with Gasteiger partial charge in [0.2, 0.25) is 0 Å². The second kappa shape index (κ2) is 6.96. The summed E-state index contributed by atoms with van der Waals surface area (Å²) >= 11 is 3.36. The van der Waals surface area contributed by atoms with Crippen molar-refractivity contribution in [3.63, 3.8) is 0 Å². The van der Waals surface area contributed by atoms with Gasteiger partial charge in [-0.3, -0.25) is 9.59 Å². The molecule has 0 atom stereocenters. The molecule has 2 amide bonds. The van der Waals surface area contributed by atoms with Crippen LogP contribution in [0.4, 0.5) is 5.69 Å². The molecule has 2 aromatic carbocycles. The largest absolute Gasteiger partial charge is 0.339 e. The molecule has 0 bridgehead atoms. The Kier molecular flexibility index (Phi) is 4.76. The molecule has 0 unspecified atom stereocenters. The number of carbonyl (C=O) groups is 2. The summed E-state index contributed by atoms with van der Waals surface area (Å²) in [6.45, 7) is 1.57. The number of nitrogens with zero attached hydrogens (tertiary/aromatic N) is 1. The number of benzene rings is 2. The van der Waals surface area contributed by atoms with Gasteiger partial charge in [0.25, 0.3) is 11.8 Å². The summed E-state index contributed by atoms with van der Waals surface area (Å²) in [5.74, 6) is -0.249. The molecule has 118 valence electrons. The van der Waals surface area contributed by atoms with Crippen LogP contribution in [0, 0.1) is 0 Å². The number of anilines is 1. The highest BCUT2D eigenvalue weighted by atomic mass is 79.9. The van der Waals surface area contributed by atoms with Crippen LogP contribution in [0.5, 0.6) is 0 Å². The summed E-state index contributed by atoms with van der Waals surface area (Å²) in [5.41, 5.74) is 1.63. The van der Waals surface area contributed by atoms with Crippen molar-refractivity contribution in [2.45, 2.75) is 12.8 Å². The molecule has 2 aromatic rings. The summed E-state index contributed by atoms with van der Waals surface area (Å²) in [6, 6.07) is 14.3. The van der Waals surface area contributed by atoms with Crippen molar-refractivity contribution < 1.29 is 9.59 Å². The Morgan fingerprint density at radius 3 is 2.48 bits per heavy atom. The molecule has 0 aliphatic carbocycles. The van der Waals surface area contributed by atoms with E-state index in [1.54, 1.807) is 30.3 Å². The number of hydrogen-bond donors (Lipinski definition) is 1. The van der Waals surface area contributed by atoms with Crippen LogP contribution in [0.2, 0.25) is 0 Å². The third-order valence-corrected chi connectivity index (χ3v) is 4.38. The molecule has 23 heavy (non-hydrogen) atoms. The van der Waals surface area contributed by atoms with Crippen LogP contribution in [0.1, 0.15) is 33.6 Å². The Hall–Kier alpha value is -2.14. The summed E-state index contributed by atoms with van der Waals surface area (Å²) in [6.07, 6.45) is 2.08. The molecular weight excluding hydrogens is 356 g/mol. The molecule has 1 fully saturated rings. The number of hydrogen-bond acceptors (Lipinski definition) is 2. The summed E-state index contributed by atoms with van der Waals surface area (Å²) in [5, 5.41) is 2.85. The molecule has 0 spiro atoms. The molecule has 3 rings (SSSR count). The van der Waals surface area contributed by atoms with Gasteiger partial charge < -0.3 is 10.2 Å². The monoisotopic (exact) mass is 372 g/mol. The van der Waals surface area contributed by atoms with E-state index in [4.69, 9.17) is 0 Å². The van der Waals surface area contributed by atoms with E-state index in [0.717, 1.165) is 30.4 Å². The van der Waals surface area contributed by atoms with E-state index in [1.165, 1.54) is 0 Å². The molecule has 1 saturated heterocycles. The quantitative estimate of drug-likeness (QED) is 0.886. The van der Waals surface area contributed by atoms with Crippen LogP contribution in [-0.2, 0) is 0 Å². The van der Waals surface area contributed by atoms with Gasteiger partial charge in [-0.25, -0.2) is 0 Å². The lowest BCUT2D eigenvalue weighted by Gasteiger charge is -2.18. The number of para-hydroxylation sites is 1. The van der Waals surface area contributed by atoms with E-state index in [1.807, 2.05) is 23.1 Å². The second-order valence-electron chi connectivity index (χ2n) is 5.51. The van der Waals surface area contributed by atoms with Gasteiger partial charge >= 0.3 is 0 Å². The average Bonchev–Trinajstić information content (AvgIpc) is 3.09. The van der Waals surface area contributed by atoms with Gasteiger partial charge in [0, 0.05) is 23.1 Å². The molecule has 0 aromatic heterocycles. The van der Waals surface area contributed by atoms with Crippen LogP contribution in [0.15, 0.2) is 53.0 Å². The van der Waals surface area contributed by atoms with E-state index < -0.39 is 0 Å². The first-order valence-corrected chi connectivity index (χ1v) is 8.40. The molecule has 1 heterocycles. The lowest BCUT2D eigenvalue weighted by Crippen LogP contribution is -2.28. The highest BCUT2D eigenvalue weighted by molar-refractivity contribution is 9.10. The van der Waals surface area contributed by atoms with Crippen molar-refractivity contribution >= 4 is 33.4 Å². The minimum absolute atomic E-state index is 0.0207. The molecule has 1 aliphatic heterocycles. The number of carbonyl (C=O) groups excluding carboxylic acids is 2. The molecule has 0 saturated carbocycles. The zero-order valence-corrected chi connectivity index (χ0v) is 14.2. The van der Waals surface area contributed by atoms with Gasteiger partial charge in [0.1, 0.15) is 0 Å². The summed E-state index contributed by atoms with van der Waals surface area (Å²) < 4.78 is 0.839. The van der Waals surface area contributed by atoms with E-state index in [2.05, 4.69) is 21.2 Å². The average molecular weight is 373 g/mol. The van der Waals surface area contributed by atoms with Crippen molar-refractivity contribution in [3.05, 3.63) is 64.1 Å².